The monoisotopic (exact) mass is 320 g/mol. The molecule has 1 amide bonds. The van der Waals surface area contributed by atoms with Crippen molar-refractivity contribution >= 4 is 22.5 Å². The van der Waals surface area contributed by atoms with Crippen LogP contribution in [-0.2, 0) is 4.79 Å². The van der Waals surface area contributed by atoms with Crippen LogP contribution in [0, 0.1) is 6.92 Å². The maximum absolute atomic E-state index is 12.5. The van der Waals surface area contributed by atoms with Gasteiger partial charge in [0.2, 0.25) is 5.91 Å². The summed E-state index contributed by atoms with van der Waals surface area (Å²) in [6.45, 7) is 3.80. The number of benzene rings is 2. The molecule has 0 saturated heterocycles. The first kappa shape index (κ1) is 16.0. The Morgan fingerprint density at radius 1 is 1.08 bits per heavy atom. The number of carbonyl (C=O) groups is 1. The minimum Gasteiger partial charge on any atom is -0.497 e. The minimum atomic E-state index is -0.265. The molecule has 24 heavy (non-hydrogen) atoms. The number of hydrogen-bond acceptors (Lipinski definition) is 3. The Morgan fingerprint density at radius 3 is 2.58 bits per heavy atom. The predicted octanol–water partition coefficient (Wildman–Crippen LogP) is 4.29. The predicted molar refractivity (Wildman–Crippen MR) is 96.5 cm³/mol. The molecule has 0 spiro atoms. The number of fused-ring (bicyclic) bond motifs is 1. The molecule has 1 atom stereocenters. The highest BCUT2D eigenvalue weighted by atomic mass is 16.5. The molecule has 122 valence electrons. The maximum Gasteiger partial charge on any atom is 0.232 e. The van der Waals surface area contributed by atoms with E-state index in [1.54, 1.807) is 13.2 Å². The quantitative estimate of drug-likeness (QED) is 0.780. The first-order valence-electron chi connectivity index (χ1n) is 7.89. The fourth-order valence-electron chi connectivity index (χ4n) is 2.64. The molecule has 0 fully saturated rings. The van der Waals surface area contributed by atoms with E-state index in [2.05, 4.69) is 10.3 Å². The highest BCUT2D eigenvalue weighted by molar-refractivity contribution is 5.96. The van der Waals surface area contributed by atoms with Crippen molar-refractivity contribution in [2.75, 3.05) is 12.4 Å². The van der Waals surface area contributed by atoms with E-state index in [9.17, 15) is 4.79 Å². The van der Waals surface area contributed by atoms with Gasteiger partial charge in [0.15, 0.2) is 0 Å². The molecular weight excluding hydrogens is 300 g/mol. The maximum atomic E-state index is 12.5. The third kappa shape index (κ3) is 3.38. The number of aryl methyl sites for hydroxylation is 1. The SMILES string of the molecule is COc1ccc2cc([C@H](C)C(=O)Nc3cccc(C)n3)ccc2c1. The van der Waals surface area contributed by atoms with E-state index in [0.717, 1.165) is 27.8 Å². The lowest BCUT2D eigenvalue weighted by atomic mass is 9.97. The lowest BCUT2D eigenvalue weighted by molar-refractivity contribution is -0.117. The molecule has 1 N–H and O–H groups in total. The van der Waals surface area contributed by atoms with Crippen LogP contribution in [0.15, 0.2) is 54.6 Å². The molecule has 0 aliphatic heterocycles. The van der Waals surface area contributed by atoms with Crippen LogP contribution in [0.25, 0.3) is 10.8 Å². The van der Waals surface area contributed by atoms with Gasteiger partial charge in [-0.1, -0.05) is 30.3 Å². The van der Waals surface area contributed by atoms with Crippen LogP contribution in [0.1, 0.15) is 24.1 Å². The number of hydrogen-bond donors (Lipinski definition) is 1. The standard InChI is InChI=1S/C20H20N2O2/c1-13-5-4-6-19(21-13)22-20(23)14(2)15-7-8-17-12-18(24-3)10-9-16(17)11-15/h4-12,14H,1-3H3,(H,21,22,23)/t14-/m0/s1. The van der Waals surface area contributed by atoms with Crippen molar-refractivity contribution in [3.63, 3.8) is 0 Å². The second-order valence-corrected chi connectivity index (χ2v) is 5.85. The van der Waals surface area contributed by atoms with Crippen molar-refractivity contribution < 1.29 is 9.53 Å². The summed E-state index contributed by atoms with van der Waals surface area (Å²) in [5, 5.41) is 5.05. The van der Waals surface area contributed by atoms with E-state index in [0.29, 0.717) is 5.82 Å². The van der Waals surface area contributed by atoms with E-state index in [1.807, 2.05) is 62.4 Å². The molecule has 2 aromatic carbocycles. The summed E-state index contributed by atoms with van der Waals surface area (Å²) in [6.07, 6.45) is 0. The number of amides is 1. The van der Waals surface area contributed by atoms with Crippen molar-refractivity contribution in [3.05, 3.63) is 65.9 Å². The van der Waals surface area contributed by atoms with E-state index in [-0.39, 0.29) is 11.8 Å². The molecule has 0 bridgehead atoms. The van der Waals surface area contributed by atoms with Crippen molar-refractivity contribution in [3.8, 4) is 5.75 Å². The summed E-state index contributed by atoms with van der Waals surface area (Å²) < 4.78 is 5.24. The van der Waals surface area contributed by atoms with Crippen molar-refractivity contribution in [2.45, 2.75) is 19.8 Å². The van der Waals surface area contributed by atoms with Crippen molar-refractivity contribution in [1.82, 2.24) is 4.98 Å². The summed E-state index contributed by atoms with van der Waals surface area (Å²) in [5.74, 6) is 1.07. The molecule has 0 saturated carbocycles. The second-order valence-electron chi connectivity index (χ2n) is 5.85. The van der Waals surface area contributed by atoms with Gasteiger partial charge in [0.05, 0.1) is 13.0 Å². The van der Waals surface area contributed by atoms with Crippen LogP contribution in [0.5, 0.6) is 5.75 Å². The van der Waals surface area contributed by atoms with Crippen molar-refractivity contribution in [1.29, 1.82) is 0 Å². The number of aromatic nitrogens is 1. The molecule has 3 rings (SSSR count). The third-order valence-corrected chi connectivity index (χ3v) is 4.10. The number of pyridine rings is 1. The van der Waals surface area contributed by atoms with Gasteiger partial charge in [-0.15, -0.1) is 0 Å². The van der Waals surface area contributed by atoms with Crippen LogP contribution in [0.3, 0.4) is 0 Å². The first-order chi connectivity index (χ1) is 11.6. The lowest BCUT2D eigenvalue weighted by Gasteiger charge is -2.13. The molecule has 0 aliphatic carbocycles. The smallest absolute Gasteiger partial charge is 0.232 e. The van der Waals surface area contributed by atoms with Gasteiger partial charge in [-0.3, -0.25) is 4.79 Å². The topological polar surface area (TPSA) is 51.2 Å². The third-order valence-electron chi connectivity index (χ3n) is 4.10. The molecular formula is C20H20N2O2. The number of nitrogens with one attached hydrogen (secondary N) is 1. The minimum absolute atomic E-state index is 0.0686. The zero-order valence-electron chi connectivity index (χ0n) is 14.0. The van der Waals surface area contributed by atoms with Gasteiger partial charge in [0.1, 0.15) is 11.6 Å². The molecule has 0 aliphatic rings. The van der Waals surface area contributed by atoms with Crippen LogP contribution >= 0.6 is 0 Å². The highest BCUT2D eigenvalue weighted by Crippen LogP contribution is 2.25. The van der Waals surface area contributed by atoms with Crippen LogP contribution < -0.4 is 10.1 Å². The summed E-state index contributed by atoms with van der Waals surface area (Å²) in [4.78, 5) is 16.8. The van der Waals surface area contributed by atoms with Gasteiger partial charge in [-0.05, 0) is 54.4 Å². The molecule has 0 radical (unpaired) electrons. The van der Waals surface area contributed by atoms with E-state index < -0.39 is 0 Å². The summed E-state index contributed by atoms with van der Waals surface area (Å²) in [6, 6.07) is 17.5. The average molecular weight is 320 g/mol. The Bertz CT molecular complexity index is 890. The molecule has 4 heteroatoms. The van der Waals surface area contributed by atoms with Crippen LogP contribution in [0.2, 0.25) is 0 Å². The van der Waals surface area contributed by atoms with Gasteiger partial charge >= 0.3 is 0 Å². The molecule has 4 nitrogen and oxygen atoms in total. The summed E-state index contributed by atoms with van der Waals surface area (Å²) >= 11 is 0. The number of anilines is 1. The summed E-state index contributed by atoms with van der Waals surface area (Å²) in [5.41, 5.74) is 1.85. The fraction of sp³-hybridized carbons (Fsp3) is 0.200. The average Bonchev–Trinajstić information content (AvgIpc) is 2.60. The van der Waals surface area contributed by atoms with E-state index in [1.165, 1.54) is 0 Å². The normalized spacial score (nSPS) is 12.0. The van der Waals surface area contributed by atoms with E-state index >= 15 is 0 Å². The van der Waals surface area contributed by atoms with Crippen LogP contribution in [0.4, 0.5) is 5.82 Å². The van der Waals surface area contributed by atoms with Gasteiger partial charge < -0.3 is 10.1 Å². The Balaban J connectivity index is 1.82. The van der Waals surface area contributed by atoms with Gasteiger partial charge in [0, 0.05) is 5.69 Å². The molecule has 0 unspecified atom stereocenters. The number of ether oxygens (including phenoxy) is 1. The Hall–Kier alpha value is -2.88. The van der Waals surface area contributed by atoms with Gasteiger partial charge in [-0.25, -0.2) is 4.98 Å². The number of methoxy groups -OCH3 is 1. The zero-order valence-corrected chi connectivity index (χ0v) is 14.0. The largest absolute Gasteiger partial charge is 0.497 e. The molecule has 1 heterocycles. The lowest BCUT2D eigenvalue weighted by Crippen LogP contribution is -2.19. The van der Waals surface area contributed by atoms with Crippen LogP contribution in [-0.4, -0.2) is 18.0 Å². The van der Waals surface area contributed by atoms with Crippen molar-refractivity contribution in [2.24, 2.45) is 0 Å². The number of rotatable bonds is 4. The fourth-order valence-corrected chi connectivity index (χ4v) is 2.64. The Kier molecular flexibility index (Phi) is 4.47. The Morgan fingerprint density at radius 2 is 1.83 bits per heavy atom. The summed E-state index contributed by atoms with van der Waals surface area (Å²) in [7, 11) is 1.65. The first-order valence-corrected chi connectivity index (χ1v) is 7.89. The number of carbonyl (C=O) groups excluding carboxylic acids is 1. The Labute approximate surface area is 141 Å². The molecule has 1 aromatic heterocycles. The second kappa shape index (κ2) is 6.71. The molecule has 3 aromatic rings. The highest BCUT2D eigenvalue weighted by Gasteiger charge is 2.16. The van der Waals surface area contributed by atoms with Gasteiger partial charge in [0.25, 0.3) is 0 Å². The zero-order chi connectivity index (χ0) is 17.1. The van der Waals surface area contributed by atoms with Gasteiger partial charge in [-0.2, -0.15) is 0 Å². The van der Waals surface area contributed by atoms with E-state index in [4.69, 9.17) is 4.74 Å². The number of nitrogens with zero attached hydrogens (tertiary/aromatic N) is 1.